The molecule has 1 N–H and O–H groups in total. The van der Waals surface area contributed by atoms with E-state index < -0.39 is 0 Å². The Labute approximate surface area is 125 Å². The topological polar surface area (TPSA) is 41.6 Å². The SMILES string of the molecule is C[C@@H]1CN([C@@H](C)C(=O)NCc2ccccc2F)C[C@H](C)O1. The molecule has 0 unspecified atom stereocenters. The molecule has 3 atom stereocenters. The summed E-state index contributed by atoms with van der Waals surface area (Å²) in [5.41, 5.74) is 0.502. The van der Waals surface area contributed by atoms with Gasteiger partial charge >= 0.3 is 0 Å². The van der Waals surface area contributed by atoms with E-state index in [1.165, 1.54) is 6.07 Å². The summed E-state index contributed by atoms with van der Waals surface area (Å²) in [5.74, 6) is -0.376. The molecule has 21 heavy (non-hydrogen) atoms. The number of rotatable bonds is 4. The van der Waals surface area contributed by atoms with Crippen molar-refractivity contribution in [2.75, 3.05) is 13.1 Å². The molecule has 0 saturated carbocycles. The third-order valence-electron chi connectivity index (χ3n) is 3.79. The fourth-order valence-corrected chi connectivity index (χ4v) is 2.67. The number of ether oxygens (including phenoxy) is 1. The first-order valence-electron chi connectivity index (χ1n) is 7.38. The number of hydrogen-bond acceptors (Lipinski definition) is 3. The molecule has 1 amide bonds. The molecular formula is C16H23FN2O2. The summed E-state index contributed by atoms with van der Waals surface area (Å²) in [7, 11) is 0. The van der Waals surface area contributed by atoms with Crippen LogP contribution in [0.15, 0.2) is 24.3 Å². The first-order valence-corrected chi connectivity index (χ1v) is 7.38. The van der Waals surface area contributed by atoms with E-state index in [4.69, 9.17) is 4.74 Å². The third kappa shape index (κ3) is 4.25. The Balaban J connectivity index is 1.89. The highest BCUT2D eigenvalue weighted by Crippen LogP contribution is 2.14. The zero-order valence-electron chi connectivity index (χ0n) is 12.8. The van der Waals surface area contributed by atoms with Crippen LogP contribution in [0.1, 0.15) is 26.3 Å². The number of benzene rings is 1. The van der Waals surface area contributed by atoms with Crippen molar-refractivity contribution in [3.8, 4) is 0 Å². The molecule has 0 bridgehead atoms. The summed E-state index contributed by atoms with van der Waals surface area (Å²) in [5, 5.41) is 2.81. The second kappa shape index (κ2) is 7.00. The minimum atomic E-state index is -0.293. The van der Waals surface area contributed by atoms with E-state index in [0.29, 0.717) is 5.56 Å². The predicted octanol–water partition coefficient (Wildman–Crippen LogP) is 1.94. The van der Waals surface area contributed by atoms with Crippen LogP contribution in [0.3, 0.4) is 0 Å². The standard InChI is InChI=1S/C16H23FN2O2/c1-11-9-19(10-12(2)21-11)13(3)16(20)18-8-14-6-4-5-7-15(14)17/h4-7,11-13H,8-10H2,1-3H3,(H,18,20)/t11-,12+,13-/m0/s1. The average Bonchev–Trinajstić information content (AvgIpc) is 2.44. The molecule has 116 valence electrons. The molecule has 1 fully saturated rings. The number of hydrogen-bond donors (Lipinski definition) is 1. The number of halogens is 1. The molecule has 2 rings (SSSR count). The first kappa shape index (κ1) is 15.9. The first-order chi connectivity index (χ1) is 9.97. The quantitative estimate of drug-likeness (QED) is 0.923. The highest BCUT2D eigenvalue weighted by Gasteiger charge is 2.29. The van der Waals surface area contributed by atoms with Gasteiger partial charge in [0.15, 0.2) is 0 Å². The molecular weight excluding hydrogens is 271 g/mol. The number of carbonyl (C=O) groups is 1. The summed E-state index contributed by atoms with van der Waals surface area (Å²) in [6.45, 7) is 7.57. The van der Waals surface area contributed by atoms with Crippen LogP contribution in [0, 0.1) is 5.82 Å². The Morgan fingerprint density at radius 2 is 2.00 bits per heavy atom. The summed E-state index contributed by atoms with van der Waals surface area (Å²) >= 11 is 0. The summed E-state index contributed by atoms with van der Waals surface area (Å²) in [4.78, 5) is 14.3. The van der Waals surface area contributed by atoms with E-state index in [0.717, 1.165) is 13.1 Å². The molecule has 1 aromatic carbocycles. The van der Waals surface area contributed by atoms with Crippen molar-refractivity contribution < 1.29 is 13.9 Å². The zero-order valence-corrected chi connectivity index (χ0v) is 12.8. The number of nitrogens with zero attached hydrogens (tertiary/aromatic N) is 1. The lowest BCUT2D eigenvalue weighted by molar-refractivity contribution is -0.131. The molecule has 0 radical (unpaired) electrons. The largest absolute Gasteiger partial charge is 0.373 e. The molecule has 0 spiro atoms. The molecule has 4 nitrogen and oxygen atoms in total. The Kier molecular flexibility index (Phi) is 5.31. The molecule has 1 heterocycles. The van der Waals surface area contributed by atoms with Gasteiger partial charge in [0.25, 0.3) is 0 Å². The predicted molar refractivity (Wildman–Crippen MR) is 79.3 cm³/mol. The second-order valence-corrected chi connectivity index (χ2v) is 5.70. The van der Waals surface area contributed by atoms with Gasteiger partial charge in [-0.05, 0) is 26.8 Å². The lowest BCUT2D eigenvalue weighted by Gasteiger charge is -2.38. The lowest BCUT2D eigenvalue weighted by atomic mass is 10.1. The van der Waals surface area contributed by atoms with Crippen molar-refractivity contribution >= 4 is 5.91 Å². The number of carbonyl (C=O) groups excluding carboxylic acids is 1. The van der Waals surface area contributed by atoms with Gasteiger partial charge in [0.1, 0.15) is 5.82 Å². The Hall–Kier alpha value is -1.46. The molecule has 0 aliphatic carbocycles. The van der Waals surface area contributed by atoms with Gasteiger partial charge in [-0.3, -0.25) is 9.69 Å². The number of nitrogens with one attached hydrogen (secondary N) is 1. The van der Waals surface area contributed by atoms with Crippen molar-refractivity contribution in [1.29, 1.82) is 0 Å². The van der Waals surface area contributed by atoms with Gasteiger partial charge < -0.3 is 10.1 Å². The van der Waals surface area contributed by atoms with Crippen LogP contribution >= 0.6 is 0 Å². The summed E-state index contributed by atoms with van der Waals surface area (Å²) < 4.78 is 19.2. The molecule has 1 aliphatic heterocycles. The van der Waals surface area contributed by atoms with E-state index in [9.17, 15) is 9.18 Å². The maximum atomic E-state index is 13.5. The third-order valence-corrected chi connectivity index (χ3v) is 3.79. The normalized spacial score (nSPS) is 24.6. The highest BCUT2D eigenvalue weighted by atomic mass is 19.1. The average molecular weight is 294 g/mol. The maximum absolute atomic E-state index is 13.5. The van der Waals surface area contributed by atoms with Gasteiger partial charge in [-0.15, -0.1) is 0 Å². The van der Waals surface area contributed by atoms with Crippen LogP contribution in [-0.4, -0.2) is 42.1 Å². The monoisotopic (exact) mass is 294 g/mol. The maximum Gasteiger partial charge on any atom is 0.237 e. The fraction of sp³-hybridized carbons (Fsp3) is 0.562. The Morgan fingerprint density at radius 3 is 2.62 bits per heavy atom. The summed E-state index contributed by atoms with van der Waals surface area (Å²) in [6, 6.07) is 6.24. The van der Waals surface area contributed by atoms with Gasteiger partial charge in [-0.1, -0.05) is 18.2 Å². The molecule has 5 heteroatoms. The van der Waals surface area contributed by atoms with Crippen molar-refractivity contribution in [2.45, 2.75) is 45.6 Å². The van der Waals surface area contributed by atoms with Gasteiger partial charge in [-0.25, -0.2) is 4.39 Å². The smallest absolute Gasteiger partial charge is 0.237 e. The highest BCUT2D eigenvalue weighted by molar-refractivity contribution is 5.81. The van der Waals surface area contributed by atoms with Gasteiger partial charge in [0.05, 0.1) is 18.2 Å². The van der Waals surface area contributed by atoms with Crippen molar-refractivity contribution in [2.24, 2.45) is 0 Å². The van der Waals surface area contributed by atoms with E-state index >= 15 is 0 Å². The zero-order chi connectivity index (χ0) is 15.4. The summed E-state index contributed by atoms with van der Waals surface area (Å²) in [6.07, 6.45) is 0.242. The van der Waals surface area contributed by atoms with Crippen molar-refractivity contribution in [3.05, 3.63) is 35.6 Å². The number of morpholine rings is 1. The molecule has 0 aromatic heterocycles. The Morgan fingerprint density at radius 1 is 1.38 bits per heavy atom. The van der Waals surface area contributed by atoms with Crippen LogP contribution < -0.4 is 5.32 Å². The minimum absolute atomic E-state index is 0.0837. The van der Waals surface area contributed by atoms with E-state index in [1.54, 1.807) is 18.2 Å². The van der Waals surface area contributed by atoms with E-state index in [-0.39, 0.29) is 36.5 Å². The lowest BCUT2D eigenvalue weighted by Crippen LogP contribution is -2.53. The van der Waals surface area contributed by atoms with Gasteiger partial charge in [-0.2, -0.15) is 0 Å². The van der Waals surface area contributed by atoms with E-state index in [2.05, 4.69) is 10.2 Å². The van der Waals surface area contributed by atoms with Crippen LogP contribution in [0.5, 0.6) is 0 Å². The van der Waals surface area contributed by atoms with Gasteiger partial charge in [0, 0.05) is 25.2 Å². The second-order valence-electron chi connectivity index (χ2n) is 5.70. The Bertz CT molecular complexity index is 485. The van der Waals surface area contributed by atoms with Crippen LogP contribution in [0.4, 0.5) is 4.39 Å². The van der Waals surface area contributed by atoms with Crippen LogP contribution in [0.2, 0.25) is 0 Å². The minimum Gasteiger partial charge on any atom is -0.373 e. The van der Waals surface area contributed by atoms with Gasteiger partial charge in [0.2, 0.25) is 5.91 Å². The van der Waals surface area contributed by atoms with E-state index in [1.807, 2.05) is 20.8 Å². The molecule has 1 aromatic rings. The number of amides is 1. The van der Waals surface area contributed by atoms with Crippen molar-refractivity contribution in [3.63, 3.8) is 0 Å². The van der Waals surface area contributed by atoms with Crippen LogP contribution in [0.25, 0.3) is 0 Å². The van der Waals surface area contributed by atoms with Crippen molar-refractivity contribution in [1.82, 2.24) is 10.2 Å². The molecule has 1 saturated heterocycles. The molecule has 1 aliphatic rings. The fourth-order valence-electron chi connectivity index (χ4n) is 2.67. The van der Waals surface area contributed by atoms with Crippen LogP contribution in [-0.2, 0) is 16.1 Å².